The third kappa shape index (κ3) is 14.1. The zero-order valence-electron chi connectivity index (χ0n) is 36.2. The molecule has 0 saturated carbocycles. The van der Waals surface area contributed by atoms with Gasteiger partial charge in [0.15, 0.2) is 17.6 Å². The first-order valence-corrected chi connectivity index (χ1v) is 23.0. The summed E-state index contributed by atoms with van der Waals surface area (Å²) in [5.74, 6) is 1.34. The number of aryl methyl sites for hydroxylation is 1. The number of nitrogens with zero attached hydrogens (tertiary/aromatic N) is 3. The largest absolute Gasteiger partial charge is 0.508 e. The van der Waals surface area contributed by atoms with E-state index in [9.17, 15) is 14.7 Å². The number of rotatable bonds is 25. The number of carbonyl (C=O) groups excluding carboxylic acids is 1. The molecule has 1 aromatic heterocycles. The maximum Gasteiger partial charge on any atom is 0.301 e. The number of phenols is 1. The van der Waals surface area contributed by atoms with Crippen molar-refractivity contribution in [3.63, 3.8) is 0 Å². The molecule has 4 aromatic carbocycles. The van der Waals surface area contributed by atoms with Gasteiger partial charge in [-0.3, -0.25) is 14.7 Å². The monoisotopic (exact) mass is 940 g/mol. The van der Waals surface area contributed by atoms with Crippen LogP contribution in [0, 0.1) is 0 Å². The van der Waals surface area contributed by atoms with E-state index >= 15 is 0 Å². The lowest BCUT2D eigenvalue weighted by Gasteiger charge is -2.20. The van der Waals surface area contributed by atoms with E-state index in [1.165, 1.54) is 64.9 Å². The zero-order valence-corrected chi connectivity index (χ0v) is 39.2. The number of benzene rings is 4. The van der Waals surface area contributed by atoms with Crippen LogP contribution in [0.4, 0.5) is 28.6 Å². The highest BCUT2D eigenvalue weighted by Gasteiger charge is 2.24. The van der Waals surface area contributed by atoms with Crippen molar-refractivity contribution in [2.75, 3.05) is 24.9 Å². The maximum atomic E-state index is 14.1. The fourth-order valence-electron chi connectivity index (χ4n) is 6.97. The van der Waals surface area contributed by atoms with Crippen LogP contribution in [0.15, 0.2) is 81.8 Å². The molecule has 0 aliphatic heterocycles. The number of nitrogens with one attached hydrogen (secondary N) is 3. The predicted octanol–water partition coefficient (Wildman–Crippen LogP) is 14.7. The number of aromatic amines is 1. The Hall–Kier alpha value is -4.88. The van der Waals surface area contributed by atoms with Gasteiger partial charge in [-0.1, -0.05) is 124 Å². The van der Waals surface area contributed by atoms with Crippen LogP contribution >= 0.6 is 46.4 Å². The van der Waals surface area contributed by atoms with E-state index in [2.05, 4.69) is 39.8 Å². The van der Waals surface area contributed by atoms with Gasteiger partial charge < -0.3 is 30.0 Å². The third-order valence-electron chi connectivity index (χ3n) is 10.5. The molecule has 16 heteroatoms. The summed E-state index contributed by atoms with van der Waals surface area (Å²) in [5, 5.41) is 29.1. The van der Waals surface area contributed by atoms with Gasteiger partial charge in [-0.15, -0.1) is 10.2 Å². The number of hydrogen-bond donors (Lipinski definition) is 4. The van der Waals surface area contributed by atoms with Crippen molar-refractivity contribution in [1.29, 1.82) is 0 Å². The molecule has 5 aromatic rings. The molecule has 4 N–H and O–H groups in total. The molecule has 12 nitrogen and oxygen atoms in total. The molecule has 0 aliphatic rings. The number of ether oxygens (including phenoxy) is 3. The normalized spacial score (nSPS) is 11.8. The number of aromatic hydroxyl groups is 1. The number of methoxy groups -OCH3 is 2. The Morgan fingerprint density at radius 3 is 2.10 bits per heavy atom. The minimum atomic E-state index is -0.823. The summed E-state index contributed by atoms with van der Waals surface area (Å²) < 4.78 is 18.3. The molecule has 0 aliphatic carbocycles. The fourth-order valence-corrected chi connectivity index (χ4v) is 8.12. The lowest BCUT2D eigenvalue weighted by Crippen LogP contribution is -2.33. The lowest BCUT2D eigenvalue weighted by molar-refractivity contribution is -0.123. The van der Waals surface area contributed by atoms with Crippen LogP contribution in [0.25, 0.3) is 5.69 Å². The molecule has 63 heavy (non-hydrogen) atoms. The van der Waals surface area contributed by atoms with Crippen LogP contribution < -0.4 is 30.4 Å². The van der Waals surface area contributed by atoms with Crippen LogP contribution in [-0.4, -0.2) is 41.1 Å². The molecule has 1 atom stereocenters. The van der Waals surface area contributed by atoms with Gasteiger partial charge in [-0.2, -0.15) is 0 Å². The topological polar surface area (TPSA) is 152 Å². The Labute approximate surface area is 389 Å². The van der Waals surface area contributed by atoms with E-state index in [4.69, 9.17) is 60.6 Å². The van der Waals surface area contributed by atoms with Gasteiger partial charge in [0.05, 0.1) is 35.0 Å². The number of aromatic nitrogens is 2. The van der Waals surface area contributed by atoms with Crippen molar-refractivity contribution in [1.82, 2.24) is 9.78 Å². The second kappa shape index (κ2) is 24.8. The highest BCUT2D eigenvalue weighted by atomic mass is 35.5. The van der Waals surface area contributed by atoms with Gasteiger partial charge in [0.25, 0.3) is 5.91 Å². The molecule has 0 radical (unpaired) electrons. The highest BCUT2D eigenvalue weighted by Crippen LogP contribution is 2.37. The van der Waals surface area contributed by atoms with Gasteiger partial charge >= 0.3 is 5.56 Å². The maximum absolute atomic E-state index is 14.1. The molecule has 0 bridgehead atoms. The first kappa shape index (κ1) is 49.1. The number of anilines is 3. The quantitative estimate of drug-likeness (QED) is 0.0336. The van der Waals surface area contributed by atoms with Crippen molar-refractivity contribution in [3.05, 3.63) is 103 Å². The van der Waals surface area contributed by atoms with Gasteiger partial charge in [-0.25, -0.2) is 4.68 Å². The van der Waals surface area contributed by atoms with Crippen molar-refractivity contribution >= 4 is 80.9 Å². The van der Waals surface area contributed by atoms with E-state index in [0.717, 1.165) is 48.8 Å². The standard InChI is InChI=1S/C47H56Cl4N6O6/c1-5-7-9-10-11-12-13-14-15-16-18-41(63-34-21-24-40(58)30(25-34)17-8-6-2)46(59)52-32-19-22-35(49)39(28-32)53-45-43(55-54-38-23-20-33(61-3)29-42(38)62-4)47(60)57(56-45)44-36(50)26-31(48)27-37(44)51/h19-29,41,53,56,58H,5-18H2,1-4H3,(H,52,59). The minimum Gasteiger partial charge on any atom is -0.508 e. The van der Waals surface area contributed by atoms with Gasteiger partial charge in [-0.05, 0) is 91.9 Å². The van der Waals surface area contributed by atoms with E-state index in [0.29, 0.717) is 47.2 Å². The molecule has 1 unspecified atom stereocenters. The summed E-state index contributed by atoms with van der Waals surface area (Å²) in [5.41, 5.74) is 1.15. The Morgan fingerprint density at radius 2 is 1.43 bits per heavy atom. The van der Waals surface area contributed by atoms with E-state index in [1.807, 2.05) is 6.07 Å². The first-order valence-electron chi connectivity index (χ1n) is 21.5. The molecule has 0 saturated heterocycles. The van der Waals surface area contributed by atoms with Crippen LogP contribution in [-0.2, 0) is 11.2 Å². The predicted molar refractivity (Wildman–Crippen MR) is 256 cm³/mol. The van der Waals surface area contributed by atoms with Crippen molar-refractivity contribution < 1.29 is 24.1 Å². The fraction of sp³-hybridized carbons (Fsp3) is 0.404. The second-order valence-corrected chi connectivity index (χ2v) is 16.9. The molecule has 1 heterocycles. The molecule has 1 amide bonds. The number of amides is 1. The van der Waals surface area contributed by atoms with Crippen molar-refractivity contribution in [3.8, 4) is 28.7 Å². The third-order valence-corrected chi connectivity index (χ3v) is 11.6. The van der Waals surface area contributed by atoms with E-state index in [1.54, 1.807) is 48.5 Å². The summed E-state index contributed by atoms with van der Waals surface area (Å²) in [6, 6.07) is 17.9. The molecular formula is C47H56Cl4N6O6. The van der Waals surface area contributed by atoms with Gasteiger partial charge in [0, 0.05) is 16.8 Å². The number of hydrogen-bond acceptors (Lipinski definition) is 9. The SMILES string of the molecule is CCCCCCCCCCCCC(Oc1ccc(O)c(CCCC)c1)C(=O)Nc1ccc(Cl)c(Nc2[nH]n(-c3c(Cl)cc(Cl)cc3Cl)c(=O)c2N=Nc2ccc(OC)cc2OC)c1. The van der Waals surface area contributed by atoms with Crippen LogP contribution in [0.2, 0.25) is 20.1 Å². The number of carbonyl (C=O) groups is 1. The smallest absolute Gasteiger partial charge is 0.301 e. The molecule has 5 rings (SSSR count). The average molecular weight is 943 g/mol. The molecule has 0 fully saturated rings. The summed E-state index contributed by atoms with van der Waals surface area (Å²) in [7, 11) is 3.01. The Bertz CT molecular complexity index is 2360. The molecule has 0 spiro atoms. The second-order valence-electron chi connectivity index (χ2n) is 15.2. The Morgan fingerprint density at radius 1 is 0.762 bits per heavy atom. The summed E-state index contributed by atoms with van der Waals surface area (Å²) in [6.45, 7) is 4.32. The summed E-state index contributed by atoms with van der Waals surface area (Å²) in [6.07, 6.45) is 13.9. The molecule has 338 valence electrons. The zero-order chi connectivity index (χ0) is 45.3. The van der Waals surface area contributed by atoms with E-state index < -0.39 is 11.7 Å². The van der Waals surface area contributed by atoms with Crippen LogP contribution in [0.5, 0.6) is 23.0 Å². The summed E-state index contributed by atoms with van der Waals surface area (Å²) >= 11 is 26.0. The number of unbranched alkanes of at least 4 members (excludes halogenated alkanes) is 10. The van der Waals surface area contributed by atoms with Crippen LogP contribution in [0.3, 0.4) is 0 Å². The molecular weight excluding hydrogens is 886 g/mol. The minimum absolute atomic E-state index is 0.0806. The van der Waals surface area contributed by atoms with Gasteiger partial charge in [0.2, 0.25) is 0 Å². The number of halogens is 4. The first-order chi connectivity index (χ1) is 30.5. The Balaban J connectivity index is 1.41. The van der Waals surface area contributed by atoms with Crippen LogP contribution in [0.1, 0.15) is 103 Å². The average Bonchev–Trinajstić information content (AvgIpc) is 3.56. The number of azo groups is 1. The number of H-pyrrole nitrogens is 1. The van der Waals surface area contributed by atoms with Crippen molar-refractivity contribution in [2.45, 2.75) is 110 Å². The van der Waals surface area contributed by atoms with Gasteiger partial charge in [0.1, 0.15) is 34.4 Å². The Kier molecular flexibility index (Phi) is 19.4. The van der Waals surface area contributed by atoms with Crippen molar-refractivity contribution in [2.24, 2.45) is 10.2 Å². The van der Waals surface area contributed by atoms with E-state index in [-0.39, 0.29) is 48.9 Å². The number of phenolic OH excluding ortho intramolecular Hbond substituents is 1. The lowest BCUT2D eigenvalue weighted by atomic mass is 10.0. The summed E-state index contributed by atoms with van der Waals surface area (Å²) in [4.78, 5) is 28.2. The highest BCUT2D eigenvalue weighted by molar-refractivity contribution is 6.40.